The number of hydrogen-bond acceptors (Lipinski definition) is 1. The molecule has 1 aliphatic carbocycles. The van der Waals surface area contributed by atoms with Crippen molar-refractivity contribution >= 4 is 5.97 Å². The monoisotopic (exact) mass is 219 g/mol. The Morgan fingerprint density at radius 1 is 1.25 bits per heavy atom. The van der Waals surface area contributed by atoms with Gasteiger partial charge in [0, 0.05) is 12.8 Å². The van der Waals surface area contributed by atoms with Gasteiger partial charge in [0.2, 0.25) is 0 Å². The Bertz CT molecular complexity index is 345. The smallest absolute Gasteiger partial charge is 0.335 e. The molecule has 2 nitrogen and oxygen atoms in total. The van der Waals surface area contributed by atoms with Crippen LogP contribution in [0.2, 0.25) is 0 Å². The van der Waals surface area contributed by atoms with Gasteiger partial charge in [0.1, 0.15) is 5.56 Å². The number of esters is 1. The van der Waals surface area contributed by atoms with Gasteiger partial charge < -0.3 is 9.53 Å². The molecule has 0 aliphatic heterocycles. The zero-order valence-electron chi connectivity index (χ0n) is 9.73. The summed E-state index contributed by atoms with van der Waals surface area (Å²) in [5.74, 6) is 0.780. The largest absolute Gasteiger partial charge is 0.517 e. The van der Waals surface area contributed by atoms with Crippen molar-refractivity contribution in [1.29, 1.82) is 0 Å². The van der Waals surface area contributed by atoms with Crippen LogP contribution in [0.3, 0.4) is 0 Å². The first-order valence-electron chi connectivity index (χ1n) is 6.03. The van der Waals surface area contributed by atoms with Crippen LogP contribution in [0.4, 0.5) is 0 Å². The molecule has 2 rings (SSSR count). The molecule has 0 amide bonds. The van der Waals surface area contributed by atoms with Gasteiger partial charge >= 0.3 is 5.97 Å². The highest BCUT2D eigenvalue weighted by Crippen LogP contribution is 2.26. The Hall–Kier alpha value is -1.31. The van der Waals surface area contributed by atoms with Crippen LogP contribution in [0.5, 0.6) is 0 Å². The zero-order valence-corrected chi connectivity index (χ0v) is 9.73. The topological polar surface area (TPSA) is 30.6 Å². The van der Waals surface area contributed by atoms with Gasteiger partial charge in [-0.25, -0.2) is 0 Å². The number of hydrogen-bond donors (Lipinski definition) is 0. The fourth-order valence-electron chi connectivity index (χ4n) is 2.29. The highest BCUT2D eigenvalue weighted by Gasteiger charge is 2.28. The number of rotatable bonds is 2. The highest BCUT2D eigenvalue weighted by molar-refractivity contribution is 5.90. The molecule has 1 saturated carbocycles. The van der Waals surface area contributed by atoms with Crippen LogP contribution in [0.15, 0.2) is 30.3 Å². The molecule has 0 radical (unpaired) electrons. The Morgan fingerprint density at radius 3 is 2.69 bits per heavy atom. The van der Waals surface area contributed by atoms with Gasteiger partial charge in [-0.1, -0.05) is 31.5 Å². The summed E-state index contributed by atoms with van der Waals surface area (Å²) in [6.07, 6.45) is 4.78. The zero-order chi connectivity index (χ0) is 11.4. The van der Waals surface area contributed by atoms with E-state index in [1.54, 1.807) is 0 Å². The van der Waals surface area contributed by atoms with Crippen LogP contribution < -0.4 is 0 Å². The molecule has 1 aliphatic rings. The van der Waals surface area contributed by atoms with E-state index in [0.29, 0.717) is 5.92 Å². The van der Waals surface area contributed by atoms with Crippen LogP contribution in [0.1, 0.15) is 38.2 Å². The summed E-state index contributed by atoms with van der Waals surface area (Å²) in [6.45, 7) is 2.25. The second-order valence-corrected chi connectivity index (χ2v) is 4.68. The van der Waals surface area contributed by atoms with Crippen molar-refractivity contribution in [1.82, 2.24) is 0 Å². The molecular formula is C14H19O2+. The summed E-state index contributed by atoms with van der Waals surface area (Å²) in [4.78, 5) is 9.85. The maximum absolute atomic E-state index is 9.85. The van der Waals surface area contributed by atoms with E-state index in [1.165, 1.54) is 12.8 Å². The predicted octanol–water partition coefficient (Wildman–Crippen LogP) is 3.13. The maximum atomic E-state index is 9.85. The minimum Gasteiger partial charge on any atom is -0.335 e. The second-order valence-electron chi connectivity index (χ2n) is 4.68. The first-order valence-corrected chi connectivity index (χ1v) is 6.03. The Kier molecular flexibility index (Phi) is 3.60. The molecule has 0 spiro atoms. The third kappa shape index (κ3) is 2.84. The molecule has 2 unspecified atom stereocenters. The van der Waals surface area contributed by atoms with E-state index >= 15 is 0 Å². The van der Waals surface area contributed by atoms with E-state index in [-0.39, 0.29) is 12.1 Å². The first-order chi connectivity index (χ1) is 7.75. The Labute approximate surface area is 96.6 Å². The van der Waals surface area contributed by atoms with E-state index in [0.717, 1.165) is 18.4 Å². The van der Waals surface area contributed by atoms with Crippen LogP contribution >= 0.6 is 0 Å². The minimum atomic E-state index is 0.0692. The summed E-state index contributed by atoms with van der Waals surface area (Å²) >= 11 is 0. The molecule has 0 saturated heterocycles. The predicted molar refractivity (Wildman–Crippen MR) is 65.0 cm³/mol. The first kappa shape index (κ1) is 11.2. The van der Waals surface area contributed by atoms with E-state index in [4.69, 9.17) is 4.74 Å². The Balaban J connectivity index is 1.92. The fraction of sp³-hybridized carbons (Fsp3) is 0.500. The lowest BCUT2D eigenvalue weighted by Gasteiger charge is -2.21. The van der Waals surface area contributed by atoms with Crippen LogP contribution in [-0.2, 0) is 4.74 Å². The van der Waals surface area contributed by atoms with Gasteiger partial charge in [-0.3, -0.25) is 0 Å². The van der Waals surface area contributed by atoms with Gasteiger partial charge in [-0.2, -0.15) is 0 Å². The van der Waals surface area contributed by atoms with E-state index < -0.39 is 0 Å². The number of ether oxygens (including phenoxy) is 1. The van der Waals surface area contributed by atoms with E-state index in [1.807, 2.05) is 30.3 Å². The summed E-state index contributed by atoms with van der Waals surface area (Å²) in [6, 6.07) is 9.46. The maximum Gasteiger partial charge on any atom is 0.517 e. The van der Waals surface area contributed by atoms with Crippen LogP contribution in [-0.4, -0.2) is 16.9 Å². The summed E-state index contributed by atoms with van der Waals surface area (Å²) in [5.41, 5.74) is 0.765. The van der Waals surface area contributed by atoms with Crippen LogP contribution in [0.25, 0.3) is 0 Å². The van der Waals surface area contributed by atoms with Crippen molar-refractivity contribution in [3.63, 3.8) is 0 Å². The summed E-state index contributed by atoms with van der Waals surface area (Å²) < 4.78 is 5.62. The molecular weight excluding hydrogens is 200 g/mol. The number of benzene rings is 1. The van der Waals surface area contributed by atoms with Crippen molar-refractivity contribution in [3.8, 4) is 0 Å². The van der Waals surface area contributed by atoms with Crippen molar-refractivity contribution in [2.75, 3.05) is 0 Å². The second kappa shape index (κ2) is 5.15. The summed E-state index contributed by atoms with van der Waals surface area (Å²) in [5, 5.41) is 0. The van der Waals surface area contributed by atoms with Crippen molar-refractivity contribution < 1.29 is 9.53 Å². The van der Waals surface area contributed by atoms with Gasteiger partial charge in [0.25, 0.3) is 0 Å². The van der Waals surface area contributed by atoms with Crippen LogP contribution in [0, 0.1) is 5.92 Å². The third-order valence-corrected chi connectivity index (χ3v) is 3.19. The molecule has 2 heteroatoms. The van der Waals surface area contributed by atoms with Gasteiger partial charge in [0.05, 0.1) is 0 Å². The average Bonchev–Trinajstić information content (AvgIpc) is 2.30. The lowest BCUT2D eigenvalue weighted by atomic mass is 9.89. The third-order valence-electron chi connectivity index (χ3n) is 3.19. The van der Waals surface area contributed by atoms with Gasteiger partial charge in [-0.15, -0.1) is 0 Å². The van der Waals surface area contributed by atoms with Gasteiger partial charge in [-0.05, 0) is 24.5 Å². The standard InChI is InChI=1S/C14H18O2/c1-11-6-5-9-13(10-11)16-14(15)12-7-3-2-4-8-12/h2-4,7-8,11,13H,5-6,9-10H2,1H3/p+1. The molecule has 16 heavy (non-hydrogen) atoms. The highest BCUT2D eigenvalue weighted by atomic mass is 16.5. The molecule has 1 aromatic carbocycles. The SMILES string of the molecule is CC1CCCC(OC(=[OH+])c2ccccc2)C1. The molecule has 1 fully saturated rings. The molecule has 1 aromatic rings. The lowest BCUT2D eigenvalue weighted by molar-refractivity contribution is 0.108. The number of carbonyl (C=O) groups excluding carboxylic acids is 1. The Morgan fingerprint density at radius 2 is 2.00 bits per heavy atom. The minimum absolute atomic E-state index is 0.0692. The average molecular weight is 219 g/mol. The van der Waals surface area contributed by atoms with E-state index in [2.05, 4.69) is 6.92 Å². The van der Waals surface area contributed by atoms with Gasteiger partial charge in [0.15, 0.2) is 6.10 Å². The quantitative estimate of drug-likeness (QED) is 0.555. The lowest BCUT2D eigenvalue weighted by Crippen LogP contribution is -2.25. The molecule has 2 atom stereocenters. The summed E-state index contributed by atoms with van der Waals surface area (Å²) in [7, 11) is 0. The van der Waals surface area contributed by atoms with Crippen molar-refractivity contribution in [2.45, 2.75) is 38.7 Å². The van der Waals surface area contributed by atoms with Crippen molar-refractivity contribution in [3.05, 3.63) is 35.9 Å². The fourth-order valence-corrected chi connectivity index (χ4v) is 2.29. The molecule has 0 heterocycles. The molecule has 1 N–H and O–H groups in total. The molecule has 0 aromatic heterocycles. The molecule has 0 bridgehead atoms. The molecule has 86 valence electrons. The van der Waals surface area contributed by atoms with Crippen molar-refractivity contribution in [2.24, 2.45) is 5.92 Å². The normalized spacial score (nSPS) is 25.1. The van der Waals surface area contributed by atoms with E-state index in [9.17, 15) is 4.79 Å².